The lowest BCUT2D eigenvalue weighted by Crippen LogP contribution is -2.33. The molecule has 0 aromatic carbocycles. The van der Waals surface area contributed by atoms with Crippen LogP contribution in [0.4, 0.5) is 4.39 Å². The summed E-state index contributed by atoms with van der Waals surface area (Å²) in [5.41, 5.74) is 0.0611. The fourth-order valence-corrected chi connectivity index (χ4v) is 2.73. The first-order chi connectivity index (χ1) is 9.25. The van der Waals surface area contributed by atoms with E-state index in [1.807, 2.05) is 17.5 Å². The largest absolute Gasteiger partial charge is 0.330 e. The van der Waals surface area contributed by atoms with Crippen LogP contribution in [0.1, 0.15) is 28.1 Å². The standard InChI is InChI=1S/C14H13FN2OS/c15-13-12(4-1-7-16-13)14(18)17(10-5-6-10)9-11-3-2-8-19-11/h1-4,7-8,10H,5-6,9H2. The number of carbonyl (C=O) groups is 1. The Morgan fingerprint density at radius 3 is 2.89 bits per heavy atom. The summed E-state index contributed by atoms with van der Waals surface area (Å²) in [5.74, 6) is -0.953. The lowest BCUT2D eigenvalue weighted by Gasteiger charge is -2.21. The summed E-state index contributed by atoms with van der Waals surface area (Å²) < 4.78 is 13.6. The average Bonchev–Trinajstić information content (AvgIpc) is 3.13. The van der Waals surface area contributed by atoms with E-state index in [2.05, 4.69) is 4.98 Å². The van der Waals surface area contributed by atoms with E-state index >= 15 is 0 Å². The van der Waals surface area contributed by atoms with Gasteiger partial charge in [-0.25, -0.2) is 4.98 Å². The summed E-state index contributed by atoms with van der Waals surface area (Å²) in [7, 11) is 0. The van der Waals surface area contributed by atoms with E-state index in [9.17, 15) is 9.18 Å². The fourth-order valence-electron chi connectivity index (χ4n) is 2.02. The van der Waals surface area contributed by atoms with Crippen LogP contribution >= 0.6 is 11.3 Å². The van der Waals surface area contributed by atoms with Gasteiger partial charge >= 0.3 is 0 Å². The Bertz CT molecular complexity index is 581. The smallest absolute Gasteiger partial charge is 0.259 e. The second-order valence-corrected chi connectivity index (χ2v) is 5.62. The van der Waals surface area contributed by atoms with Crippen LogP contribution < -0.4 is 0 Å². The maximum absolute atomic E-state index is 13.6. The van der Waals surface area contributed by atoms with E-state index in [1.165, 1.54) is 12.3 Å². The SMILES string of the molecule is O=C(c1cccnc1F)N(Cc1cccs1)C1CC1. The number of aromatic nitrogens is 1. The molecular weight excluding hydrogens is 263 g/mol. The summed E-state index contributed by atoms with van der Waals surface area (Å²) in [6.45, 7) is 0.551. The molecule has 3 nitrogen and oxygen atoms in total. The van der Waals surface area contributed by atoms with Crippen molar-refractivity contribution in [3.63, 3.8) is 0 Å². The van der Waals surface area contributed by atoms with Crippen molar-refractivity contribution >= 4 is 17.2 Å². The average molecular weight is 276 g/mol. The Morgan fingerprint density at radius 2 is 2.26 bits per heavy atom. The highest BCUT2D eigenvalue weighted by atomic mass is 32.1. The first-order valence-corrected chi connectivity index (χ1v) is 7.07. The Balaban J connectivity index is 1.84. The molecule has 0 bridgehead atoms. The van der Waals surface area contributed by atoms with E-state index in [1.54, 1.807) is 22.3 Å². The van der Waals surface area contributed by atoms with E-state index in [0.29, 0.717) is 6.54 Å². The van der Waals surface area contributed by atoms with Crippen LogP contribution in [0.2, 0.25) is 0 Å². The molecule has 2 heterocycles. The van der Waals surface area contributed by atoms with Gasteiger partial charge in [-0.1, -0.05) is 6.07 Å². The fraction of sp³-hybridized carbons (Fsp3) is 0.286. The van der Waals surface area contributed by atoms with E-state index in [0.717, 1.165) is 17.7 Å². The van der Waals surface area contributed by atoms with Crippen LogP contribution in [0.3, 0.4) is 0 Å². The number of carbonyl (C=O) groups excluding carboxylic acids is 1. The molecule has 0 spiro atoms. The summed E-state index contributed by atoms with van der Waals surface area (Å²) >= 11 is 1.61. The Kier molecular flexibility index (Phi) is 3.29. The van der Waals surface area contributed by atoms with Gasteiger partial charge in [-0.05, 0) is 36.4 Å². The van der Waals surface area contributed by atoms with Crippen molar-refractivity contribution in [1.29, 1.82) is 0 Å². The van der Waals surface area contributed by atoms with Gasteiger partial charge in [0.15, 0.2) is 0 Å². The van der Waals surface area contributed by atoms with Crippen LogP contribution in [0.5, 0.6) is 0 Å². The van der Waals surface area contributed by atoms with Crippen LogP contribution in [0.15, 0.2) is 35.8 Å². The first kappa shape index (κ1) is 12.3. The van der Waals surface area contributed by atoms with Crippen molar-refractivity contribution in [2.45, 2.75) is 25.4 Å². The number of hydrogen-bond donors (Lipinski definition) is 0. The number of thiophene rings is 1. The lowest BCUT2D eigenvalue weighted by atomic mass is 10.2. The number of amides is 1. The minimum Gasteiger partial charge on any atom is -0.330 e. The summed E-state index contributed by atoms with van der Waals surface area (Å²) in [5, 5.41) is 1.98. The minimum atomic E-state index is -0.690. The number of hydrogen-bond acceptors (Lipinski definition) is 3. The van der Waals surface area contributed by atoms with E-state index in [4.69, 9.17) is 0 Å². The molecule has 98 valence electrons. The Hall–Kier alpha value is -1.75. The number of rotatable bonds is 4. The molecule has 0 atom stereocenters. The molecule has 1 fully saturated rings. The van der Waals surface area contributed by atoms with Gasteiger partial charge in [0.1, 0.15) is 0 Å². The molecule has 1 saturated carbocycles. The number of nitrogens with zero attached hydrogens (tertiary/aromatic N) is 2. The molecule has 5 heteroatoms. The van der Waals surface area contributed by atoms with Crippen molar-refractivity contribution in [1.82, 2.24) is 9.88 Å². The number of pyridine rings is 1. The Labute approximate surface area is 114 Å². The Morgan fingerprint density at radius 1 is 1.42 bits per heavy atom. The molecule has 2 aromatic rings. The van der Waals surface area contributed by atoms with Gasteiger partial charge < -0.3 is 4.90 Å². The summed E-state index contributed by atoms with van der Waals surface area (Å²) in [6, 6.07) is 7.28. The molecule has 2 aromatic heterocycles. The van der Waals surface area contributed by atoms with Crippen LogP contribution in [-0.2, 0) is 6.54 Å². The third-order valence-corrected chi connectivity index (χ3v) is 4.01. The van der Waals surface area contributed by atoms with Gasteiger partial charge in [0, 0.05) is 17.1 Å². The highest BCUT2D eigenvalue weighted by Gasteiger charge is 2.34. The predicted octanol–water partition coefficient (Wildman–Crippen LogP) is 3.09. The van der Waals surface area contributed by atoms with Crippen molar-refractivity contribution in [3.8, 4) is 0 Å². The van der Waals surface area contributed by atoms with Crippen LogP contribution in [-0.4, -0.2) is 21.8 Å². The van der Waals surface area contributed by atoms with Crippen molar-refractivity contribution in [3.05, 3.63) is 52.2 Å². The quantitative estimate of drug-likeness (QED) is 0.804. The molecule has 0 N–H and O–H groups in total. The summed E-state index contributed by atoms with van der Waals surface area (Å²) in [4.78, 5) is 18.8. The predicted molar refractivity (Wildman–Crippen MR) is 71.4 cm³/mol. The zero-order chi connectivity index (χ0) is 13.2. The molecule has 1 aliphatic carbocycles. The molecule has 0 saturated heterocycles. The van der Waals surface area contributed by atoms with E-state index < -0.39 is 5.95 Å². The highest BCUT2D eigenvalue weighted by Crippen LogP contribution is 2.30. The van der Waals surface area contributed by atoms with Crippen molar-refractivity contribution < 1.29 is 9.18 Å². The highest BCUT2D eigenvalue weighted by molar-refractivity contribution is 7.09. The van der Waals surface area contributed by atoms with Crippen molar-refractivity contribution in [2.75, 3.05) is 0 Å². The molecule has 1 amide bonds. The van der Waals surface area contributed by atoms with Gasteiger partial charge in [0.05, 0.1) is 12.1 Å². The molecule has 0 aliphatic heterocycles. The maximum Gasteiger partial charge on any atom is 0.259 e. The molecule has 19 heavy (non-hydrogen) atoms. The van der Waals surface area contributed by atoms with Gasteiger partial charge in [-0.2, -0.15) is 4.39 Å². The molecular formula is C14H13FN2OS. The minimum absolute atomic E-state index is 0.0611. The normalized spacial score (nSPS) is 14.4. The number of halogens is 1. The third-order valence-electron chi connectivity index (χ3n) is 3.14. The molecule has 3 rings (SSSR count). The van der Waals surface area contributed by atoms with Crippen molar-refractivity contribution in [2.24, 2.45) is 0 Å². The molecule has 0 radical (unpaired) electrons. The van der Waals surface area contributed by atoms with Gasteiger partial charge in [0.25, 0.3) is 5.91 Å². The zero-order valence-corrected chi connectivity index (χ0v) is 11.1. The van der Waals surface area contributed by atoms with Gasteiger partial charge in [-0.3, -0.25) is 4.79 Å². The topological polar surface area (TPSA) is 33.2 Å². The van der Waals surface area contributed by atoms with Gasteiger partial charge in [0.2, 0.25) is 5.95 Å². The maximum atomic E-state index is 13.6. The van der Waals surface area contributed by atoms with E-state index in [-0.39, 0.29) is 17.5 Å². The van der Waals surface area contributed by atoms with Crippen LogP contribution in [0, 0.1) is 5.95 Å². The zero-order valence-electron chi connectivity index (χ0n) is 10.3. The lowest BCUT2D eigenvalue weighted by molar-refractivity contribution is 0.0726. The monoisotopic (exact) mass is 276 g/mol. The summed E-state index contributed by atoms with van der Waals surface area (Å²) in [6.07, 6.45) is 3.35. The second-order valence-electron chi connectivity index (χ2n) is 4.59. The van der Waals surface area contributed by atoms with Gasteiger partial charge in [-0.15, -0.1) is 11.3 Å². The molecule has 0 unspecified atom stereocenters. The third kappa shape index (κ3) is 2.66. The molecule has 1 aliphatic rings. The van der Waals surface area contributed by atoms with Crippen LogP contribution in [0.25, 0.3) is 0 Å². The first-order valence-electron chi connectivity index (χ1n) is 6.19. The second kappa shape index (κ2) is 5.09.